The molecule has 4 nitrogen and oxygen atoms in total. The first-order valence-corrected chi connectivity index (χ1v) is 1.84. The van der Waals surface area contributed by atoms with Gasteiger partial charge >= 0.3 is 0 Å². The Labute approximate surface area is 58.0 Å². The van der Waals surface area contributed by atoms with Gasteiger partial charge in [-0.2, -0.15) is 0 Å². The summed E-state index contributed by atoms with van der Waals surface area (Å²) in [4.78, 5) is 10.1. The van der Waals surface area contributed by atoms with Crippen LogP contribution in [0.2, 0.25) is 0 Å². The number of carbonyl (C=O) groups is 1. The Bertz CT molecular complexity index is 75.7. The molecule has 5 heteroatoms. The van der Waals surface area contributed by atoms with Gasteiger partial charge in [-0.25, -0.2) is 5.06 Å². The maximum Gasteiger partial charge on any atom is 0.259 e. The standard InChI is InChI=1S/C3H8N2O2.BrH/c1-5(7)3(6)2-4;/h7H,2,4H2,1H3;1H. The van der Waals surface area contributed by atoms with E-state index >= 15 is 0 Å². The Morgan fingerprint density at radius 2 is 2.25 bits per heavy atom. The Hall–Kier alpha value is -0.130. The number of rotatable bonds is 1. The van der Waals surface area contributed by atoms with Gasteiger partial charge in [0.15, 0.2) is 0 Å². The van der Waals surface area contributed by atoms with Crippen LogP contribution in [0, 0.1) is 0 Å². The molecule has 8 heavy (non-hydrogen) atoms. The first-order valence-electron chi connectivity index (χ1n) is 1.84. The molecule has 0 aromatic heterocycles. The average Bonchev–Trinajstić information content (AvgIpc) is 1.65. The lowest BCUT2D eigenvalue weighted by Crippen LogP contribution is -2.29. The molecule has 0 aromatic carbocycles. The van der Waals surface area contributed by atoms with Crippen molar-refractivity contribution >= 4 is 22.9 Å². The Kier molecular flexibility index (Phi) is 6.76. The summed E-state index contributed by atoms with van der Waals surface area (Å²) in [6.07, 6.45) is 0. The van der Waals surface area contributed by atoms with Crippen LogP contribution >= 0.6 is 17.0 Å². The largest absolute Gasteiger partial charge is 0.322 e. The zero-order valence-corrected chi connectivity index (χ0v) is 6.21. The molecule has 0 saturated carbocycles. The van der Waals surface area contributed by atoms with Gasteiger partial charge in [0.05, 0.1) is 6.54 Å². The number of likely N-dealkylation sites (N-methyl/N-ethyl adjacent to an activating group) is 1. The van der Waals surface area contributed by atoms with Crippen LogP contribution in [0.4, 0.5) is 0 Å². The Morgan fingerprint density at radius 3 is 2.25 bits per heavy atom. The normalized spacial score (nSPS) is 7.38. The minimum absolute atomic E-state index is 0. The molecule has 0 aliphatic carbocycles. The highest BCUT2D eigenvalue weighted by Gasteiger charge is 1.98. The van der Waals surface area contributed by atoms with Gasteiger partial charge in [0, 0.05) is 7.05 Å². The maximum absolute atomic E-state index is 10.1. The molecule has 0 heterocycles. The Balaban J connectivity index is 0. The molecule has 0 atom stereocenters. The molecular weight excluding hydrogens is 176 g/mol. The lowest BCUT2D eigenvalue weighted by molar-refractivity contribution is -0.157. The number of carbonyl (C=O) groups excluding carboxylic acids is 1. The van der Waals surface area contributed by atoms with Crippen molar-refractivity contribution in [2.45, 2.75) is 0 Å². The third kappa shape index (κ3) is 4.04. The van der Waals surface area contributed by atoms with Crippen molar-refractivity contribution in [3.05, 3.63) is 0 Å². The maximum atomic E-state index is 10.1. The number of hydrogen-bond donors (Lipinski definition) is 2. The third-order valence-electron chi connectivity index (χ3n) is 0.536. The van der Waals surface area contributed by atoms with E-state index in [2.05, 4.69) is 0 Å². The Morgan fingerprint density at radius 1 is 1.88 bits per heavy atom. The minimum atomic E-state index is -0.486. The monoisotopic (exact) mass is 184 g/mol. The molecular formula is C3H9BrN2O2. The molecule has 3 N–H and O–H groups in total. The zero-order chi connectivity index (χ0) is 5.86. The van der Waals surface area contributed by atoms with Crippen LogP contribution < -0.4 is 5.73 Å². The fourth-order valence-corrected chi connectivity index (χ4v) is 0.132. The second-order valence-electron chi connectivity index (χ2n) is 1.12. The molecule has 0 fully saturated rings. The van der Waals surface area contributed by atoms with Crippen LogP contribution in [0.3, 0.4) is 0 Å². The summed E-state index contributed by atoms with van der Waals surface area (Å²) in [5, 5.41) is 8.68. The summed E-state index contributed by atoms with van der Waals surface area (Å²) >= 11 is 0. The van der Waals surface area contributed by atoms with Crippen molar-refractivity contribution in [1.29, 1.82) is 0 Å². The van der Waals surface area contributed by atoms with Gasteiger partial charge in [-0.1, -0.05) is 0 Å². The average molecular weight is 185 g/mol. The van der Waals surface area contributed by atoms with E-state index in [1.807, 2.05) is 0 Å². The first kappa shape index (κ1) is 10.8. The van der Waals surface area contributed by atoms with E-state index in [-0.39, 0.29) is 23.5 Å². The fourth-order valence-electron chi connectivity index (χ4n) is 0.132. The summed E-state index contributed by atoms with van der Waals surface area (Å²) in [6.45, 7) is -0.146. The van der Waals surface area contributed by atoms with Crippen molar-refractivity contribution in [2.24, 2.45) is 5.73 Å². The van der Waals surface area contributed by atoms with Gasteiger partial charge in [0.2, 0.25) is 0 Å². The number of nitrogens with two attached hydrogens (primary N) is 1. The van der Waals surface area contributed by atoms with Gasteiger partial charge in [-0.05, 0) is 0 Å². The van der Waals surface area contributed by atoms with Gasteiger partial charge < -0.3 is 5.73 Å². The van der Waals surface area contributed by atoms with Crippen LogP contribution in [0.1, 0.15) is 0 Å². The number of halogens is 1. The van der Waals surface area contributed by atoms with Crippen molar-refractivity contribution < 1.29 is 10.0 Å². The first-order chi connectivity index (χ1) is 3.18. The van der Waals surface area contributed by atoms with Crippen LogP contribution in [0.15, 0.2) is 0 Å². The lowest BCUT2D eigenvalue weighted by atomic mass is 10.6. The second-order valence-corrected chi connectivity index (χ2v) is 1.12. The van der Waals surface area contributed by atoms with E-state index in [0.717, 1.165) is 0 Å². The van der Waals surface area contributed by atoms with Gasteiger partial charge in [-0.3, -0.25) is 10.0 Å². The molecule has 0 unspecified atom stereocenters. The smallest absolute Gasteiger partial charge is 0.259 e. The number of nitrogens with zero attached hydrogens (tertiary/aromatic N) is 1. The van der Waals surface area contributed by atoms with E-state index in [0.29, 0.717) is 5.06 Å². The molecule has 1 amide bonds. The van der Waals surface area contributed by atoms with Crippen molar-refractivity contribution in [1.82, 2.24) is 5.06 Å². The fraction of sp³-hybridized carbons (Fsp3) is 0.667. The second kappa shape index (κ2) is 5.02. The van der Waals surface area contributed by atoms with Crippen LogP contribution in [0.5, 0.6) is 0 Å². The van der Waals surface area contributed by atoms with Crippen LogP contribution in [-0.4, -0.2) is 29.8 Å². The number of hydroxylamine groups is 2. The topological polar surface area (TPSA) is 66.6 Å². The van der Waals surface area contributed by atoms with Crippen molar-refractivity contribution in [2.75, 3.05) is 13.6 Å². The highest BCUT2D eigenvalue weighted by Crippen LogP contribution is 1.69. The molecule has 0 spiro atoms. The minimum Gasteiger partial charge on any atom is -0.322 e. The molecule has 0 aliphatic heterocycles. The quantitative estimate of drug-likeness (QED) is 0.422. The van der Waals surface area contributed by atoms with E-state index in [1.165, 1.54) is 7.05 Å². The molecule has 0 aromatic rings. The van der Waals surface area contributed by atoms with E-state index in [4.69, 9.17) is 10.9 Å². The SMILES string of the molecule is Br.CN(O)C(=O)CN. The highest BCUT2D eigenvalue weighted by molar-refractivity contribution is 8.93. The van der Waals surface area contributed by atoms with Gasteiger partial charge in [-0.15, -0.1) is 17.0 Å². The van der Waals surface area contributed by atoms with E-state index in [1.54, 1.807) is 0 Å². The van der Waals surface area contributed by atoms with Crippen LogP contribution in [-0.2, 0) is 4.79 Å². The molecule has 0 saturated heterocycles. The van der Waals surface area contributed by atoms with E-state index < -0.39 is 5.91 Å². The number of amides is 1. The molecule has 0 rings (SSSR count). The molecule has 0 radical (unpaired) electrons. The van der Waals surface area contributed by atoms with E-state index in [9.17, 15) is 4.79 Å². The predicted octanol–water partition coefficient (Wildman–Crippen LogP) is -0.629. The predicted molar refractivity (Wildman–Crippen MR) is 33.9 cm³/mol. The lowest BCUT2D eigenvalue weighted by Gasteiger charge is -2.03. The summed E-state index contributed by atoms with van der Waals surface area (Å²) in [7, 11) is 1.23. The third-order valence-corrected chi connectivity index (χ3v) is 0.536. The van der Waals surface area contributed by atoms with Gasteiger partial charge in [0.25, 0.3) is 5.91 Å². The van der Waals surface area contributed by atoms with Crippen molar-refractivity contribution in [3.8, 4) is 0 Å². The summed E-state index contributed by atoms with van der Waals surface area (Å²) < 4.78 is 0. The zero-order valence-electron chi connectivity index (χ0n) is 4.50. The summed E-state index contributed by atoms with van der Waals surface area (Å²) in [5.41, 5.74) is 4.82. The highest BCUT2D eigenvalue weighted by atomic mass is 79.9. The summed E-state index contributed by atoms with van der Waals surface area (Å²) in [5.74, 6) is -0.486. The summed E-state index contributed by atoms with van der Waals surface area (Å²) in [6, 6.07) is 0. The molecule has 0 bridgehead atoms. The van der Waals surface area contributed by atoms with Crippen LogP contribution in [0.25, 0.3) is 0 Å². The van der Waals surface area contributed by atoms with Gasteiger partial charge in [0.1, 0.15) is 0 Å². The van der Waals surface area contributed by atoms with Crippen molar-refractivity contribution in [3.63, 3.8) is 0 Å². The molecule has 0 aliphatic rings. The number of hydrogen-bond acceptors (Lipinski definition) is 3. The molecule has 50 valence electrons.